The van der Waals surface area contributed by atoms with E-state index in [1.54, 1.807) is 0 Å². The summed E-state index contributed by atoms with van der Waals surface area (Å²) in [6, 6.07) is -0.686. The minimum atomic E-state index is -0.686. The van der Waals surface area contributed by atoms with Gasteiger partial charge >= 0.3 is 11.7 Å². The molecule has 1 unspecified atom stereocenters. The van der Waals surface area contributed by atoms with Crippen LogP contribution in [-0.2, 0) is 20.9 Å². The molecule has 1 amide bonds. The Bertz CT molecular complexity index is 553. The van der Waals surface area contributed by atoms with Crippen molar-refractivity contribution in [3.05, 3.63) is 22.5 Å². The zero-order valence-electron chi connectivity index (χ0n) is 13.5. The fourth-order valence-corrected chi connectivity index (χ4v) is 2.29. The molecule has 0 saturated heterocycles. The zero-order valence-corrected chi connectivity index (χ0v) is 13.5. The molecule has 1 atom stereocenters. The van der Waals surface area contributed by atoms with E-state index in [0.717, 1.165) is 19.0 Å². The monoisotopic (exact) mass is 326 g/mol. The molecule has 0 radical (unpaired) electrons. The van der Waals surface area contributed by atoms with Gasteiger partial charge in [-0.25, -0.2) is 4.79 Å². The Balaban J connectivity index is 2.60. The third kappa shape index (κ3) is 5.35. The standard InChI is InChI=1S/C14H22N4O5/c1-4-10(5-2)13(14(20)23-3)16-12(19)6-7-17-9-11(8-15-17)18(21)22/h8-10,13H,4-7H2,1-3H3,(H,16,19). The van der Waals surface area contributed by atoms with Crippen molar-refractivity contribution in [1.29, 1.82) is 0 Å². The van der Waals surface area contributed by atoms with Crippen LogP contribution in [0, 0.1) is 16.0 Å². The van der Waals surface area contributed by atoms with E-state index in [9.17, 15) is 19.7 Å². The molecule has 0 bridgehead atoms. The number of carbonyl (C=O) groups excluding carboxylic acids is 2. The predicted molar refractivity (Wildman–Crippen MR) is 81.5 cm³/mol. The van der Waals surface area contributed by atoms with Crippen LogP contribution in [0.3, 0.4) is 0 Å². The molecule has 0 fully saturated rings. The molecule has 9 nitrogen and oxygen atoms in total. The summed E-state index contributed by atoms with van der Waals surface area (Å²) in [5, 5.41) is 17.1. The molecule has 0 aliphatic carbocycles. The maximum Gasteiger partial charge on any atom is 0.328 e. The molecule has 23 heavy (non-hydrogen) atoms. The summed E-state index contributed by atoms with van der Waals surface area (Å²) in [6.45, 7) is 4.08. The molecule has 0 saturated carbocycles. The molecule has 1 N–H and O–H groups in total. The van der Waals surface area contributed by atoms with Gasteiger partial charge in [-0.1, -0.05) is 26.7 Å². The van der Waals surface area contributed by atoms with Crippen molar-refractivity contribution in [2.24, 2.45) is 5.92 Å². The highest BCUT2D eigenvalue weighted by Gasteiger charge is 2.28. The van der Waals surface area contributed by atoms with Crippen molar-refractivity contribution < 1.29 is 19.2 Å². The Labute approximate surface area is 134 Å². The summed E-state index contributed by atoms with van der Waals surface area (Å²) in [4.78, 5) is 33.9. The van der Waals surface area contributed by atoms with Gasteiger partial charge in [-0.15, -0.1) is 0 Å². The molecule has 1 rings (SSSR count). The van der Waals surface area contributed by atoms with Gasteiger partial charge in [0.2, 0.25) is 5.91 Å². The average molecular weight is 326 g/mol. The Morgan fingerprint density at radius 3 is 2.57 bits per heavy atom. The summed E-state index contributed by atoms with van der Waals surface area (Å²) in [5.74, 6) is -0.801. The van der Waals surface area contributed by atoms with E-state index in [4.69, 9.17) is 4.74 Å². The van der Waals surface area contributed by atoms with E-state index in [1.807, 2.05) is 13.8 Å². The van der Waals surface area contributed by atoms with E-state index in [-0.39, 0.29) is 30.5 Å². The molecule has 1 heterocycles. The fourth-order valence-electron chi connectivity index (χ4n) is 2.29. The van der Waals surface area contributed by atoms with E-state index < -0.39 is 16.9 Å². The fraction of sp³-hybridized carbons (Fsp3) is 0.643. The van der Waals surface area contributed by atoms with Crippen LogP contribution in [0.5, 0.6) is 0 Å². The number of carbonyl (C=O) groups is 2. The van der Waals surface area contributed by atoms with Gasteiger partial charge < -0.3 is 10.1 Å². The Hall–Kier alpha value is -2.45. The first-order valence-corrected chi connectivity index (χ1v) is 7.46. The first kappa shape index (κ1) is 18.6. The second kappa shape index (κ2) is 8.86. The molecule has 0 aliphatic heterocycles. The number of nitrogens with zero attached hydrogens (tertiary/aromatic N) is 3. The van der Waals surface area contributed by atoms with Crippen molar-refractivity contribution in [2.45, 2.75) is 45.7 Å². The second-order valence-electron chi connectivity index (χ2n) is 5.11. The molecule has 0 spiro atoms. The normalized spacial score (nSPS) is 12.0. The number of esters is 1. The number of nitrogens with one attached hydrogen (secondary N) is 1. The first-order chi connectivity index (χ1) is 10.9. The number of rotatable bonds is 9. The lowest BCUT2D eigenvalue weighted by Crippen LogP contribution is -2.46. The van der Waals surface area contributed by atoms with Crippen molar-refractivity contribution >= 4 is 17.6 Å². The predicted octanol–water partition coefficient (Wildman–Crippen LogP) is 1.28. The van der Waals surface area contributed by atoms with E-state index in [2.05, 4.69) is 10.4 Å². The molecule has 0 aromatic carbocycles. The highest BCUT2D eigenvalue weighted by atomic mass is 16.6. The van der Waals surface area contributed by atoms with Gasteiger partial charge in [0, 0.05) is 13.0 Å². The number of amides is 1. The average Bonchev–Trinajstić information content (AvgIpc) is 3.01. The van der Waals surface area contributed by atoms with Gasteiger partial charge in [0.05, 0.1) is 12.0 Å². The van der Waals surface area contributed by atoms with Gasteiger partial charge in [0.25, 0.3) is 0 Å². The summed E-state index contributed by atoms with van der Waals surface area (Å²) < 4.78 is 6.07. The summed E-state index contributed by atoms with van der Waals surface area (Å²) in [7, 11) is 1.28. The minimum Gasteiger partial charge on any atom is -0.467 e. The van der Waals surface area contributed by atoms with Crippen molar-refractivity contribution in [2.75, 3.05) is 7.11 Å². The number of aromatic nitrogens is 2. The van der Waals surface area contributed by atoms with Crippen LogP contribution in [-0.4, -0.2) is 39.7 Å². The van der Waals surface area contributed by atoms with Crippen LogP contribution >= 0.6 is 0 Å². The van der Waals surface area contributed by atoms with Gasteiger partial charge in [0.15, 0.2) is 0 Å². The largest absolute Gasteiger partial charge is 0.467 e. The van der Waals surface area contributed by atoms with Crippen LogP contribution in [0.15, 0.2) is 12.4 Å². The van der Waals surface area contributed by atoms with Gasteiger partial charge in [0.1, 0.15) is 18.4 Å². The number of hydrogen-bond donors (Lipinski definition) is 1. The van der Waals surface area contributed by atoms with Crippen LogP contribution < -0.4 is 5.32 Å². The maximum atomic E-state index is 12.0. The van der Waals surface area contributed by atoms with Crippen LogP contribution in [0.4, 0.5) is 5.69 Å². The molecule has 9 heteroatoms. The number of nitro groups is 1. The topological polar surface area (TPSA) is 116 Å². The third-order valence-electron chi connectivity index (χ3n) is 3.69. The number of aryl methyl sites for hydroxylation is 1. The minimum absolute atomic E-state index is 0.00260. The zero-order chi connectivity index (χ0) is 17.4. The van der Waals surface area contributed by atoms with Gasteiger partial charge in [-0.05, 0) is 5.92 Å². The SMILES string of the molecule is CCC(CC)C(NC(=O)CCn1cc([N+](=O)[O-])cn1)C(=O)OC. The Morgan fingerprint density at radius 2 is 2.09 bits per heavy atom. The highest BCUT2D eigenvalue weighted by molar-refractivity contribution is 5.84. The van der Waals surface area contributed by atoms with E-state index in [1.165, 1.54) is 18.0 Å². The van der Waals surface area contributed by atoms with Crippen molar-refractivity contribution in [3.8, 4) is 0 Å². The lowest BCUT2D eigenvalue weighted by molar-refractivity contribution is -0.385. The number of methoxy groups -OCH3 is 1. The van der Waals surface area contributed by atoms with E-state index in [0.29, 0.717) is 0 Å². The number of hydrogen-bond acceptors (Lipinski definition) is 6. The van der Waals surface area contributed by atoms with Crippen molar-refractivity contribution in [1.82, 2.24) is 15.1 Å². The summed E-state index contributed by atoms with van der Waals surface area (Å²) in [5.41, 5.74) is -0.130. The highest BCUT2D eigenvalue weighted by Crippen LogP contribution is 2.15. The summed E-state index contributed by atoms with van der Waals surface area (Å²) in [6.07, 6.45) is 3.92. The molecule has 1 aromatic rings. The smallest absolute Gasteiger partial charge is 0.328 e. The number of ether oxygens (including phenoxy) is 1. The molecule has 0 aliphatic rings. The molecular weight excluding hydrogens is 304 g/mol. The second-order valence-corrected chi connectivity index (χ2v) is 5.11. The first-order valence-electron chi connectivity index (χ1n) is 7.46. The summed E-state index contributed by atoms with van der Waals surface area (Å²) >= 11 is 0. The van der Waals surface area contributed by atoms with Crippen molar-refractivity contribution in [3.63, 3.8) is 0 Å². The van der Waals surface area contributed by atoms with Gasteiger partial charge in [-0.2, -0.15) is 5.10 Å². The molecular formula is C14H22N4O5. The maximum absolute atomic E-state index is 12.0. The van der Waals surface area contributed by atoms with Crippen LogP contribution in [0.1, 0.15) is 33.1 Å². The Kier molecular flexibility index (Phi) is 7.17. The molecule has 128 valence electrons. The van der Waals surface area contributed by atoms with Crippen LogP contribution in [0.2, 0.25) is 0 Å². The van der Waals surface area contributed by atoms with E-state index >= 15 is 0 Å². The third-order valence-corrected chi connectivity index (χ3v) is 3.69. The lowest BCUT2D eigenvalue weighted by atomic mass is 9.94. The molecule has 1 aromatic heterocycles. The lowest BCUT2D eigenvalue weighted by Gasteiger charge is -2.24. The quantitative estimate of drug-likeness (QED) is 0.415. The van der Waals surface area contributed by atoms with Gasteiger partial charge in [-0.3, -0.25) is 19.6 Å². The Morgan fingerprint density at radius 1 is 1.43 bits per heavy atom. The van der Waals surface area contributed by atoms with Crippen LogP contribution in [0.25, 0.3) is 0 Å².